The highest BCUT2D eigenvalue weighted by Gasteiger charge is 2.43. The largest absolute Gasteiger partial charge is 0.394 e. The van der Waals surface area contributed by atoms with Gasteiger partial charge in [-0.05, 0) is 25.7 Å². The number of hydrogen-bond donors (Lipinski definition) is 4. The third kappa shape index (κ3) is 14.9. The first-order chi connectivity index (χ1) is 16.8. The zero-order chi connectivity index (χ0) is 25.9. The molecule has 4 N–H and O–H groups in total. The molecule has 0 amide bonds. The van der Waals surface area contributed by atoms with E-state index in [9.17, 15) is 20.4 Å². The van der Waals surface area contributed by atoms with Crippen LogP contribution >= 0.6 is 0 Å². The second kappa shape index (κ2) is 19.8. The molecule has 1 heterocycles. The molecular weight excluding hydrogens is 446 g/mol. The third-order valence-electron chi connectivity index (χ3n) is 7.41. The van der Waals surface area contributed by atoms with Crippen LogP contribution in [-0.2, 0) is 9.47 Å². The monoisotopic (exact) mass is 504 g/mol. The fraction of sp³-hybridized carbons (Fsp3) is 1.00. The van der Waals surface area contributed by atoms with E-state index in [-0.39, 0.29) is 0 Å². The average Bonchev–Trinajstić information content (AvgIpc) is 2.83. The Morgan fingerprint density at radius 1 is 0.629 bits per heavy atom. The zero-order valence-corrected chi connectivity index (χ0v) is 23.1. The maximum Gasteiger partial charge on any atom is 0.186 e. The molecule has 0 bridgehead atoms. The summed E-state index contributed by atoms with van der Waals surface area (Å²) in [6.07, 6.45) is 15.2. The van der Waals surface area contributed by atoms with Gasteiger partial charge in [0.2, 0.25) is 0 Å². The molecule has 35 heavy (non-hydrogen) atoms. The SMILES string of the molecule is CCCCCCCCCCCCCCCC[N+](C)(C)CCCCO[C@@H]1O[C@H](CO)[C@@H](O)[C@H](O)[C@H]1O. The normalized spacial score (nSPS) is 25.3. The number of quaternary nitrogens is 1. The van der Waals surface area contributed by atoms with Crippen molar-refractivity contribution in [3.63, 3.8) is 0 Å². The number of nitrogens with zero attached hydrogens (tertiary/aromatic N) is 1. The summed E-state index contributed by atoms with van der Waals surface area (Å²) in [6.45, 7) is 4.50. The van der Waals surface area contributed by atoms with Crippen LogP contribution in [0.5, 0.6) is 0 Å². The first kappa shape index (κ1) is 32.7. The van der Waals surface area contributed by atoms with Crippen molar-refractivity contribution in [3.05, 3.63) is 0 Å². The Morgan fingerprint density at radius 3 is 1.57 bits per heavy atom. The minimum Gasteiger partial charge on any atom is -0.394 e. The number of aliphatic hydroxyl groups is 4. The second-order valence-corrected chi connectivity index (χ2v) is 11.3. The molecular formula is C28H58NO6+. The van der Waals surface area contributed by atoms with E-state index in [1.165, 1.54) is 96.4 Å². The Morgan fingerprint density at radius 2 is 1.09 bits per heavy atom. The summed E-state index contributed by atoms with van der Waals surface area (Å²) in [7, 11) is 4.56. The molecule has 5 atom stereocenters. The lowest BCUT2D eigenvalue weighted by atomic mass is 9.99. The van der Waals surface area contributed by atoms with Gasteiger partial charge in [0, 0.05) is 0 Å². The predicted molar refractivity (Wildman–Crippen MR) is 141 cm³/mol. The molecule has 0 aromatic rings. The van der Waals surface area contributed by atoms with Crippen LogP contribution in [0.3, 0.4) is 0 Å². The highest BCUT2D eigenvalue weighted by molar-refractivity contribution is 4.88. The van der Waals surface area contributed by atoms with Crippen molar-refractivity contribution in [3.8, 4) is 0 Å². The highest BCUT2D eigenvalue weighted by Crippen LogP contribution is 2.22. The van der Waals surface area contributed by atoms with E-state index >= 15 is 0 Å². The van der Waals surface area contributed by atoms with Crippen molar-refractivity contribution in [1.82, 2.24) is 0 Å². The quantitative estimate of drug-likeness (QED) is 0.131. The maximum atomic E-state index is 10.0. The molecule has 1 aliphatic rings. The average molecular weight is 505 g/mol. The second-order valence-electron chi connectivity index (χ2n) is 11.3. The van der Waals surface area contributed by atoms with Gasteiger partial charge in [0.1, 0.15) is 24.4 Å². The Labute approximate surface area is 215 Å². The van der Waals surface area contributed by atoms with E-state index < -0.39 is 37.3 Å². The van der Waals surface area contributed by atoms with Crippen LogP contribution in [0.2, 0.25) is 0 Å². The lowest BCUT2D eigenvalue weighted by Gasteiger charge is -2.39. The van der Waals surface area contributed by atoms with Gasteiger partial charge in [-0.3, -0.25) is 0 Å². The van der Waals surface area contributed by atoms with Crippen LogP contribution in [-0.4, -0.2) is 96.0 Å². The first-order valence-electron chi connectivity index (χ1n) is 14.6. The Kier molecular flexibility index (Phi) is 18.5. The van der Waals surface area contributed by atoms with Crippen LogP contribution in [0.15, 0.2) is 0 Å². The summed E-state index contributed by atoms with van der Waals surface area (Å²) in [5, 5.41) is 38.9. The van der Waals surface area contributed by atoms with Crippen LogP contribution in [0, 0.1) is 0 Å². The molecule has 0 saturated carbocycles. The number of aliphatic hydroxyl groups excluding tert-OH is 4. The van der Waals surface area contributed by atoms with Crippen molar-refractivity contribution < 1.29 is 34.4 Å². The molecule has 0 spiro atoms. The van der Waals surface area contributed by atoms with E-state index in [0.29, 0.717) is 6.61 Å². The van der Waals surface area contributed by atoms with Crippen LogP contribution in [0.4, 0.5) is 0 Å². The summed E-state index contributed by atoms with van der Waals surface area (Å²) in [4.78, 5) is 0. The number of hydrogen-bond acceptors (Lipinski definition) is 6. The summed E-state index contributed by atoms with van der Waals surface area (Å²) in [6, 6.07) is 0. The summed E-state index contributed by atoms with van der Waals surface area (Å²) in [5.41, 5.74) is 0. The molecule has 1 rings (SSSR count). The summed E-state index contributed by atoms with van der Waals surface area (Å²) < 4.78 is 12.0. The minimum atomic E-state index is -1.38. The third-order valence-corrected chi connectivity index (χ3v) is 7.41. The Balaban J connectivity index is 1.96. The number of rotatable bonds is 22. The molecule has 210 valence electrons. The predicted octanol–water partition coefficient (Wildman–Crippen LogP) is 4.14. The van der Waals surface area contributed by atoms with E-state index in [0.717, 1.165) is 23.9 Å². The van der Waals surface area contributed by atoms with Gasteiger partial charge >= 0.3 is 0 Å². The molecule has 1 fully saturated rings. The van der Waals surface area contributed by atoms with E-state index in [4.69, 9.17) is 9.47 Å². The van der Waals surface area contributed by atoms with Gasteiger partial charge in [0.15, 0.2) is 6.29 Å². The van der Waals surface area contributed by atoms with Crippen LogP contribution in [0.25, 0.3) is 0 Å². The van der Waals surface area contributed by atoms with Gasteiger partial charge in [0.05, 0.1) is 40.4 Å². The van der Waals surface area contributed by atoms with E-state index in [1.807, 2.05) is 0 Å². The van der Waals surface area contributed by atoms with Crippen LogP contribution < -0.4 is 0 Å². The minimum absolute atomic E-state index is 0.404. The lowest BCUT2D eigenvalue weighted by molar-refractivity contribution is -0.890. The summed E-state index contributed by atoms with van der Waals surface area (Å²) in [5.74, 6) is 0. The smallest absolute Gasteiger partial charge is 0.186 e. The topological polar surface area (TPSA) is 99.4 Å². The summed E-state index contributed by atoms with van der Waals surface area (Å²) >= 11 is 0. The molecule has 1 saturated heterocycles. The standard InChI is InChI=1S/C28H58NO6/c1-4-5-6-7-8-9-10-11-12-13-14-15-16-17-20-29(2,3)21-18-19-22-34-28-27(33)26(32)25(31)24(23-30)35-28/h24-28,30-33H,4-23H2,1-3H3/q+1/t24-,25-,26+,27-,28-/m1/s1. The van der Waals surface area contributed by atoms with Gasteiger partial charge in [0.25, 0.3) is 0 Å². The van der Waals surface area contributed by atoms with Crippen molar-refractivity contribution in [2.24, 2.45) is 0 Å². The molecule has 7 nitrogen and oxygen atoms in total. The zero-order valence-electron chi connectivity index (χ0n) is 23.1. The molecule has 1 aliphatic heterocycles. The van der Waals surface area contributed by atoms with Crippen molar-refractivity contribution in [2.45, 2.75) is 140 Å². The number of unbranched alkanes of at least 4 members (excludes halogenated alkanes) is 14. The van der Waals surface area contributed by atoms with Gasteiger partial charge in [-0.2, -0.15) is 0 Å². The fourth-order valence-electron chi connectivity index (χ4n) is 4.89. The van der Waals surface area contributed by atoms with E-state index in [1.54, 1.807) is 0 Å². The highest BCUT2D eigenvalue weighted by atomic mass is 16.7. The van der Waals surface area contributed by atoms with Crippen molar-refractivity contribution >= 4 is 0 Å². The maximum absolute atomic E-state index is 10.0. The Hall–Kier alpha value is -0.280. The molecule has 0 aliphatic carbocycles. The lowest BCUT2D eigenvalue weighted by Crippen LogP contribution is -2.59. The van der Waals surface area contributed by atoms with Gasteiger partial charge in [-0.15, -0.1) is 0 Å². The van der Waals surface area contributed by atoms with Gasteiger partial charge in [-0.1, -0.05) is 84.0 Å². The molecule has 0 unspecified atom stereocenters. The van der Waals surface area contributed by atoms with Gasteiger partial charge in [-0.25, -0.2) is 0 Å². The molecule has 0 radical (unpaired) electrons. The Bertz CT molecular complexity index is 490. The molecule has 7 heteroatoms. The fourth-order valence-corrected chi connectivity index (χ4v) is 4.89. The van der Waals surface area contributed by atoms with E-state index in [2.05, 4.69) is 21.0 Å². The van der Waals surface area contributed by atoms with Crippen molar-refractivity contribution in [2.75, 3.05) is 40.4 Å². The molecule has 0 aromatic carbocycles. The van der Waals surface area contributed by atoms with Gasteiger partial charge < -0.3 is 34.4 Å². The molecule has 0 aromatic heterocycles. The number of ether oxygens (including phenoxy) is 2. The van der Waals surface area contributed by atoms with Crippen LogP contribution in [0.1, 0.15) is 110 Å². The first-order valence-corrected chi connectivity index (χ1v) is 14.6. The van der Waals surface area contributed by atoms with Crippen molar-refractivity contribution in [1.29, 1.82) is 0 Å².